The van der Waals surface area contributed by atoms with Crippen molar-refractivity contribution in [1.82, 2.24) is 15.2 Å². The highest BCUT2D eigenvalue weighted by Crippen LogP contribution is 2.25. The van der Waals surface area contributed by atoms with E-state index in [1.165, 1.54) is 5.56 Å². The number of benzene rings is 1. The molecule has 26 heavy (non-hydrogen) atoms. The number of hydrogen-bond donors (Lipinski definition) is 1. The van der Waals surface area contributed by atoms with Crippen LogP contribution in [0.4, 0.5) is 0 Å². The molecule has 1 saturated heterocycles. The molecule has 1 aliphatic heterocycles. The molecule has 5 nitrogen and oxygen atoms in total. The Morgan fingerprint density at radius 3 is 2.62 bits per heavy atom. The van der Waals surface area contributed by atoms with E-state index in [1.54, 1.807) is 12.3 Å². The molecule has 1 atom stereocenters. The quantitative estimate of drug-likeness (QED) is 0.900. The molecule has 1 N–H and O–H groups in total. The largest absolute Gasteiger partial charge is 0.379 e. The Hall–Kier alpha value is -2.24. The molecule has 0 bridgehead atoms. The van der Waals surface area contributed by atoms with Crippen molar-refractivity contribution in [1.29, 1.82) is 0 Å². The second kappa shape index (κ2) is 7.56. The van der Waals surface area contributed by atoms with E-state index in [0.29, 0.717) is 17.6 Å². The summed E-state index contributed by atoms with van der Waals surface area (Å²) in [6.45, 7) is 5.80. The van der Waals surface area contributed by atoms with E-state index in [-0.39, 0.29) is 5.91 Å². The Morgan fingerprint density at radius 2 is 1.92 bits per heavy atom. The topological polar surface area (TPSA) is 54.5 Å². The molecule has 1 aliphatic carbocycles. The van der Waals surface area contributed by atoms with Crippen molar-refractivity contribution in [2.24, 2.45) is 0 Å². The Balaban J connectivity index is 1.48. The number of hydrogen-bond acceptors (Lipinski definition) is 4. The zero-order valence-electron chi connectivity index (χ0n) is 15.1. The summed E-state index contributed by atoms with van der Waals surface area (Å²) >= 11 is 0. The highest BCUT2D eigenvalue weighted by molar-refractivity contribution is 5.95. The smallest absolute Gasteiger partial charge is 0.251 e. The van der Waals surface area contributed by atoms with E-state index in [2.05, 4.69) is 46.4 Å². The predicted octanol–water partition coefficient (Wildman–Crippen LogP) is 3.03. The van der Waals surface area contributed by atoms with E-state index < -0.39 is 0 Å². The second-order valence-corrected chi connectivity index (χ2v) is 7.12. The highest BCUT2D eigenvalue weighted by Gasteiger charge is 2.24. The third-order valence-electron chi connectivity index (χ3n) is 5.22. The molecule has 2 fully saturated rings. The molecule has 2 aliphatic rings. The van der Waals surface area contributed by atoms with Crippen LogP contribution >= 0.6 is 0 Å². The fraction of sp³-hybridized carbons (Fsp3) is 0.429. The summed E-state index contributed by atoms with van der Waals surface area (Å²) in [4.78, 5) is 19.1. The fourth-order valence-electron chi connectivity index (χ4n) is 3.33. The highest BCUT2D eigenvalue weighted by atomic mass is 16.5. The molecule has 0 radical (unpaired) electrons. The van der Waals surface area contributed by atoms with Crippen LogP contribution in [-0.4, -0.2) is 48.1 Å². The van der Waals surface area contributed by atoms with Gasteiger partial charge in [-0.05, 0) is 37.5 Å². The van der Waals surface area contributed by atoms with Crippen LogP contribution in [0.1, 0.15) is 41.7 Å². The van der Waals surface area contributed by atoms with Gasteiger partial charge in [-0.15, -0.1) is 0 Å². The number of amides is 1. The lowest BCUT2D eigenvalue weighted by Crippen LogP contribution is -2.37. The Morgan fingerprint density at radius 1 is 1.19 bits per heavy atom. The molecule has 136 valence electrons. The minimum absolute atomic E-state index is 0.00582. The Labute approximate surface area is 154 Å². The van der Waals surface area contributed by atoms with E-state index in [4.69, 9.17) is 4.74 Å². The molecular weight excluding hydrogens is 326 g/mol. The number of ether oxygens (including phenoxy) is 1. The van der Waals surface area contributed by atoms with Crippen LogP contribution < -0.4 is 5.32 Å². The Kier molecular flexibility index (Phi) is 5.00. The van der Waals surface area contributed by atoms with Gasteiger partial charge in [0, 0.05) is 42.5 Å². The summed E-state index contributed by atoms with van der Waals surface area (Å²) in [5, 5.41) is 3.03. The van der Waals surface area contributed by atoms with Crippen LogP contribution in [0.25, 0.3) is 11.3 Å². The molecule has 2 aromatic rings. The standard InChI is InChI=1S/C21H25N3O2/c1-15(24-10-12-26-13-11-24)16-2-4-17(5-3-16)20-14-18(8-9-22-20)21(25)23-19-6-7-19/h2-5,8-9,14-15,19H,6-7,10-13H2,1H3,(H,23,25)/t15-/m0/s1. The van der Waals surface area contributed by atoms with Crippen molar-refractivity contribution < 1.29 is 9.53 Å². The maximum atomic E-state index is 12.2. The first-order valence-electron chi connectivity index (χ1n) is 9.40. The molecule has 1 aromatic heterocycles. The van der Waals surface area contributed by atoms with Crippen molar-refractivity contribution in [3.8, 4) is 11.3 Å². The number of morpholine rings is 1. The van der Waals surface area contributed by atoms with Gasteiger partial charge in [0.1, 0.15) is 0 Å². The summed E-state index contributed by atoms with van der Waals surface area (Å²) in [7, 11) is 0. The minimum Gasteiger partial charge on any atom is -0.379 e. The zero-order chi connectivity index (χ0) is 17.9. The number of aromatic nitrogens is 1. The first-order valence-corrected chi connectivity index (χ1v) is 9.40. The molecule has 1 amide bonds. The lowest BCUT2D eigenvalue weighted by atomic mass is 10.0. The van der Waals surface area contributed by atoms with Gasteiger partial charge in [-0.2, -0.15) is 0 Å². The fourth-order valence-corrected chi connectivity index (χ4v) is 3.33. The molecule has 0 unspecified atom stereocenters. The van der Waals surface area contributed by atoms with Crippen LogP contribution in [0, 0.1) is 0 Å². The van der Waals surface area contributed by atoms with Gasteiger partial charge in [-0.25, -0.2) is 0 Å². The molecule has 2 heterocycles. The van der Waals surface area contributed by atoms with Crippen molar-refractivity contribution >= 4 is 5.91 Å². The van der Waals surface area contributed by atoms with Gasteiger partial charge in [0.2, 0.25) is 0 Å². The van der Waals surface area contributed by atoms with Crippen molar-refractivity contribution in [3.63, 3.8) is 0 Å². The summed E-state index contributed by atoms with van der Waals surface area (Å²) in [6, 6.07) is 12.9. The number of carbonyl (C=O) groups excluding carboxylic acids is 1. The molecule has 0 spiro atoms. The van der Waals surface area contributed by atoms with Crippen molar-refractivity contribution in [2.45, 2.75) is 31.8 Å². The first-order chi connectivity index (χ1) is 12.7. The summed E-state index contributed by atoms with van der Waals surface area (Å²) in [6.07, 6.45) is 3.89. The van der Waals surface area contributed by atoms with Crippen molar-refractivity contribution in [3.05, 3.63) is 53.7 Å². The van der Waals surface area contributed by atoms with Crippen LogP contribution in [0.2, 0.25) is 0 Å². The zero-order valence-corrected chi connectivity index (χ0v) is 15.1. The predicted molar refractivity (Wildman–Crippen MR) is 101 cm³/mol. The third-order valence-corrected chi connectivity index (χ3v) is 5.22. The Bertz CT molecular complexity index is 765. The maximum Gasteiger partial charge on any atom is 0.251 e. The number of carbonyl (C=O) groups is 1. The van der Waals surface area contributed by atoms with E-state index in [0.717, 1.165) is 50.4 Å². The van der Waals surface area contributed by atoms with E-state index in [9.17, 15) is 4.79 Å². The van der Waals surface area contributed by atoms with Gasteiger partial charge in [0.05, 0.1) is 18.9 Å². The normalized spacial score (nSPS) is 19.1. The molecular formula is C21H25N3O2. The second-order valence-electron chi connectivity index (χ2n) is 7.12. The van der Waals surface area contributed by atoms with Gasteiger partial charge in [0.25, 0.3) is 5.91 Å². The van der Waals surface area contributed by atoms with Crippen LogP contribution in [-0.2, 0) is 4.74 Å². The maximum absolute atomic E-state index is 12.2. The lowest BCUT2D eigenvalue weighted by Gasteiger charge is -2.32. The molecule has 1 saturated carbocycles. The monoisotopic (exact) mass is 351 g/mol. The minimum atomic E-state index is -0.00582. The lowest BCUT2D eigenvalue weighted by molar-refractivity contribution is 0.0198. The number of nitrogens with one attached hydrogen (secondary N) is 1. The van der Waals surface area contributed by atoms with Gasteiger partial charge in [-0.3, -0.25) is 14.7 Å². The summed E-state index contributed by atoms with van der Waals surface area (Å²) < 4.78 is 5.44. The number of pyridine rings is 1. The van der Waals surface area contributed by atoms with Gasteiger partial charge < -0.3 is 10.1 Å². The van der Waals surface area contributed by atoms with Gasteiger partial charge in [-0.1, -0.05) is 24.3 Å². The van der Waals surface area contributed by atoms with Crippen LogP contribution in [0.3, 0.4) is 0 Å². The number of nitrogens with zero attached hydrogens (tertiary/aromatic N) is 2. The van der Waals surface area contributed by atoms with Gasteiger partial charge in [0.15, 0.2) is 0 Å². The number of rotatable bonds is 5. The molecule has 4 rings (SSSR count). The van der Waals surface area contributed by atoms with E-state index >= 15 is 0 Å². The SMILES string of the molecule is C[C@@H](c1ccc(-c2cc(C(=O)NC3CC3)ccn2)cc1)N1CCOCC1. The van der Waals surface area contributed by atoms with E-state index in [1.807, 2.05) is 6.07 Å². The van der Waals surface area contributed by atoms with Crippen molar-refractivity contribution in [2.75, 3.05) is 26.3 Å². The molecule has 1 aromatic carbocycles. The average Bonchev–Trinajstić information content (AvgIpc) is 3.52. The molecule has 5 heteroatoms. The van der Waals surface area contributed by atoms with Gasteiger partial charge >= 0.3 is 0 Å². The van der Waals surface area contributed by atoms with Crippen LogP contribution in [0.15, 0.2) is 42.6 Å². The first kappa shape index (κ1) is 17.2. The summed E-state index contributed by atoms with van der Waals surface area (Å²) in [5.41, 5.74) is 3.83. The third kappa shape index (κ3) is 3.94. The average molecular weight is 351 g/mol. The van der Waals surface area contributed by atoms with Crippen LogP contribution in [0.5, 0.6) is 0 Å². The summed E-state index contributed by atoms with van der Waals surface area (Å²) in [5.74, 6) is -0.00582.